The molecule has 2 fully saturated rings. The van der Waals surface area contributed by atoms with Crippen LogP contribution in [0.1, 0.15) is 40.2 Å². The minimum Gasteiger partial charge on any atom is -0.397 e. The van der Waals surface area contributed by atoms with Crippen molar-refractivity contribution < 1.29 is 4.79 Å². The molecule has 5 rings (SSSR count). The number of aryl methyl sites for hydroxylation is 1. The summed E-state index contributed by atoms with van der Waals surface area (Å²) in [6.45, 7) is 3.74. The summed E-state index contributed by atoms with van der Waals surface area (Å²) in [7, 11) is 0. The van der Waals surface area contributed by atoms with Crippen molar-refractivity contribution in [2.75, 3.05) is 23.7 Å². The van der Waals surface area contributed by atoms with Gasteiger partial charge in [0.15, 0.2) is 0 Å². The summed E-state index contributed by atoms with van der Waals surface area (Å²) in [5.41, 5.74) is 10.2. The van der Waals surface area contributed by atoms with E-state index in [1.165, 1.54) is 48.4 Å². The van der Waals surface area contributed by atoms with E-state index < -0.39 is 0 Å². The van der Waals surface area contributed by atoms with Crippen LogP contribution < -0.4 is 16.0 Å². The van der Waals surface area contributed by atoms with Crippen LogP contribution in [0, 0.1) is 12.8 Å². The normalized spacial score (nSPS) is 20.5. The van der Waals surface area contributed by atoms with Gasteiger partial charge in [0.05, 0.1) is 5.69 Å². The maximum atomic E-state index is 12.6. The number of hydrogen-bond acceptors (Lipinski definition) is 5. The number of piperidine rings is 1. The number of benzene rings is 1. The quantitative estimate of drug-likeness (QED) is 0.668. The van der Waals surface area contributed by atoms with Gasteiger partial charge >= 0.3 is 0 Å². The highest BCUT2D eigenvalue weighted by Crippen LogP contribution is 2.40. The van der Waals surface area contributed by atoms with E-state index in [2.05, 4.69) is 39.5 Å². The third-order valence-corrected chi connectivity index (χ3v) is 7.43. The number of thiophene rings is 1. The molecular formula is C23H26N4OS. The number of carbonyl (C=O) groups excluding carboxylic acids is 1. The first-order chi connectivity index (χ1) is 14.1. The van der Waals surface area contributed by atoms with E-state index in [1.807, 2.05) is 19.1 Å². The minimum absolute atomic E-state index is 0.118. The van der Waals surface area contributed by atoms with Crippen LogP contribution in [0.5, 0.6) is 0 Å². The fourth-order valence-electron chi connectivity index (χ4n) is 4.75. The van der Waals surface area contributed by atoms with Crippen LogP contribution in [0.2, 0.25) is 0 Å². The number of rotatable bonds is 5. The standard InChI is InChI=1S/C23H26N4OS/c1-14-2-9-19-20(24)21(29-23(19)26-14)22(28)25-11-10-15-3-6-17(7-4-15)27-13-16-5-8-18(27)12-16/h2-4,6-7,9,16,18H,5,8,10-13,24H2,1H3,(H,25,28)/t16?,18-/m1/s1. The van der Waals surface area contributed by atoms with Crippen molar-refractivity contribution in [3.05, 3.63) is 52.5 Å². The van der Waals surface area contributed by atoms with E-state index in [0.717, 1.165) is 34.3 Å². The van der Waals surface area contributed by atoms with Gasteiger partial charge < -0.3 is 16.0 Å². The van der Waals surface area contributed by atoms with E-state index in [0.29, 0.717) is 17.1 Å². The zero-order valence-corrected chi connectivity index (χ0v) is 17.5. The van der Waals surface area contributed by atoms with Crippen LogP contribution in [-0.4, -0.2) is 30.0 Å². The van der Waals surface area contributed by atoms with Gasteiger partial charge in [-0.25, -0.2) is 4.98 Å². The molecule has 5 nitrogen and oxygen atoms in total. The Morgan fingerprint density at radius 3 is 2.79 bits per heavy atom. The predicted octanol–water partition coefficient (Wildman–Crippen LogP) is 4.15. The van der Waals surface area contributed by atoms with E-state index in [4.69, 9.17) is 5.73 Å². The van der Waals surface area contributed by atoms with E-state index in [9.17, 15) is 4.79 Å². The van der Waals surface area contributed by atoms with Crippen molar-refractivity contribution in [3.8, 4) is 0 Å². The van der Waals surface area contributed by atoms with Crippen molar-refractivity contribution in [2.24, 2.45) is 5.92 Å². The Kier molecular flexibility index (Phi) is 4.66. The largest absolute Gasteiger partial charge is 0.397 e. The number of aromatic nitrogens is 1. The Morgan fingerprint density at radius 1 is 1.24 bits per heavy atom. The number of pyridine rings is 1. The van der Waals surface area contributed by atoms with Crippen LogP contribution in [0.4, 0.5) is 11.4 Å². The fourth-order valence-corrected chi connectivity index (χ4v) is 5.81. The molecule has 1 aromatic carbocycles. The molecular weight excluding hydrogens is 380 g/mol. The van der Waals surface area contributed by atoms with Gasteiger partial charge in [-0.05, 0) is 68.4 Å². The molecule has 1 aliphatic carbocycles. The Morgan fingerprint density at radius 2 is 2.07 bits per heavy atom. The fraction of sp³-hybridized carbons (Fsp3) is 0.391. The number of anilines is 2. The van der Waals surface area contributed by atoms with Crippen LogP contribution in [0.15, 0.2) is 36.4 Å². The van der Waals surface area contributed by atoms with Gasteiger partial charge in [-0.1, -0.05) is 12.1 Å². The number of nitrogens with two attached hydrogens (primary N) is 1. The van der Waals surface area contributed by atoms with Crippen molar-refractivity contribution in [3.63, 3.8) is 0 Å². The molecule has 1 aliphatic heterocycles. The number of amides is 1. The Hall–Kier alpha value is -2.60. The van der Waals surface area contributed by atoms with Gasteiger partial charge in [0.2, 0.25) is 0 Å². The molecule has 1 amide bonds. The number of hydrogen-bond donors (Lipinski definition) is 2. The molecule has 0 spiro atoms. The molecule has 6 heteroatoms. The lowest BCUT2D eigenvalue weighted by molar-refractivity contribution is 0.0959. The lowest BCUT2D eigenvalue weighted by atomic mass is 10.1. The van der Waals surface area contributed by atoms with Gasteiger partial charge in [0, 0.05) is 35.9 Å². The number of fused-ring (bicyclic) bond motifs is 3. The molecule has 29 heavy (non-hydrogen) atoms. The lowest BCUT2D eigenvalue weighted by Gasteiger charge is -2.29. The first-order valence-electron chi connectivity index (χ1n) is 10.4. The Labute approximate surface area is 174 Å². The van der Waals surface area contributed by atoms with Gasteiger partial charge in [-0.15, -0.1) is 11.3 Å². The second-order valence-corrected chi connectivity index (χ2v) is 9.31. The number of carbonyl (C=O) groups is 1. The molecule has 1 unspecified atom stereocenters. The summed E-state index contributed by atoms with van der Waals surface area (Å²) in [5, 5.41) is 3.87. The third kappa shape index (κ3) is 3.46. The number of nitrogens with zero attached hydrogens (tertiary/aromatic N) is 2. The van der Waals surface area contributed by atoms with Gasteiger partial charge in [0.25, 0.3) is 5.91 Å². The highest BCUT2D eigenvalue weighted by atomic mass is 32.1. The molecule has 0 radical (unpaired) electrons. The smallest absolute Gasteiger partial charge is 0.263 e. The van der Waals surface area contributed by atoms with Crippen molar-refractivity contribution in [2.45, 2.75) is 38.6 Å². The highest BCUT2D eigenvalue weighted by molar-refractivity contribution is 7.21. The van der Waals surface area contributed by atoms with Crippen molar-refractivity contribution in [1.82, 2.24) is 10.3 Å². The second-order valence-electron chi connectivity index (χ2n) is 8.31. The molecule has 2 aromatic heterocycles. The van der Waals surface area contributed by atoms with Crippen molar-refractivity contribution >= 4 is 38.8 Å². The molecule has 2 atom stereocenters. The summed E-state index contributed by atoms with van der Waals surface area (Å²) in [6, 6.07) is 13.4. The minimum atomic E-state index is -0.118. The summed E-state index contributed by atoms with van der Waals surface area (Å²) in [4.78, 5) is 21.0. The Balaban J connectivity index is 1.19. The molecule has 2 bridgehead atoms. The van der Waals surface area contributed by atoms with Crippen LogP contribution >= 0.6 is 11.3 Å². The van der Waals surface area contributed by atoms with Gasteiger partial charge in [0.1, 0.15) is 9.71 Å². The number of nitrogen functional groups attached to an aromatic ring is 1. The molecule has 1 saturated heterocycles. The molecule has 2 aliphatic rings. The predicted molar refractivity (Wildman–Crippen MR) is 120 cm³/mol. The van der Waals surface area contributed by atoms with E-state index in [1.54, 1.807) is 0 Å². The van der Waals surface area contributed by atoms with E-state index in [-0.39, 0.29) is 5.91 Å². The maximum absolute atomic E-state index is 12.6. The SMILES string of the molecule is Cc1ccc2c(N)c(C(=O)NCCc3ccc(N4CC5CC[C@@H]4C5)cc3)sc2n1. The molecule has 3 N–H and O–H groups in total. The summed E-state index contributed by atoms with van der Waals surface area (Å²) >= 11 is 1.36. The molecule has 3 aromatic rings. The summed E-state index contributed by atoms with van der Waals surface area (Å²) in [5.74, 6) is 0.781. The Bertz CT molecular complexity index is 1060. The molecule has 1 saturated carbocycles. The topological polar surface area (TPSA) is 71.2 Å². The zero-order chi connectivity index (χ0) is 20.0. The van der Waals surface area contributed by atoms with Crippen LogP contribution in [-0.2, 0) is 6.42 Å². The van der Waals surface area contributed by atoms with Crippen LogP contribution in [0.3, 0.4) is 0 Å². The van der Waals surface area contributed by atoms with Crippen LogP contribution in [0.25, 0.3) is 10.2 Å². The van der Waals surface area contributed by atoms with Crippen molar-refractivity contribution in [1.29, 1.82) is 0 Å². The average Bonchev–Trinajstić information content (AvgIpc) is 3.43. The highest BCUT2D eigenvalue weighted by Gasteiger charge is 2.37. The summed E-state index contributed by atoms with van der Waals surface area (Å²) in [6.07, 6.45) is 4.91. The lowest BCUT2D eigenvalue weighted by Crippen LogP contribution is -2.31. The maximum Gasteiger partial charge on any atom is 0.263 e. The number of nitrogens with one attached hydrogen (secondary N) is 1. The first kappa shape index (κ1) is 18.4. The monoisotopic (exact) mass is 406 g/mol. The molecule has 150 valence electrons. The van der Waals surface area contributed by atoms with Gasteiger partial charge in [-0.3, -0.25) is 4.79 Å². The molecule has 3 heterocycles. The first-order valence-corrected chi connectivity index (χ1v) is 11.2. The summed E-state index contributed by atoms with van der Waals surface area (Å²) < 4.78 is 0. The van der Waals surface area contributed by atoms with Gasteiger partial charge in [-0.2, -0.15) is 0 Å². The average molecular weight is 407 g/mol. The zero-order valence-electron chi connectivity index (χ0n) is 16.6. The van der Waals surface area contributed by atoms with E-state index >= 15 is 0 Å². The third-order valence-electron chi connectivity index (χ3n) is 6.32. The second kappa shape index (κ2) is 7.34.